The SMILES string of the molecule is CC(C)[C@@H](N[C@@H](C)C(=O)Nc1ccc(Cl)cc1)c1ccc2c(c1)OCCO2. The predicted molar refractivity (Wildman–Crippen MR) is 108 cm³/mol. The first kappa shape index (κ1) is 19.5. The lowest BCUT2D eigenvalue weighted by Crippen LogP contribution is -2.41. The van der Waals surface area contributed by atoms with Gasteiger partial charge in [0.25, 0.3) is 0 Å². The predicted octanol–water partition coefficient (Wildman–Crippen LogP) is 4.43. The second-order valence-corrected chi connectivity index (χ2v) is 7.45. The monoisotopic (exact) mass is 388 g/mol. The van der Waals surface area contributed by atoms with E-state index in [1.807, 2.05) is 25.1 Å². The maximum Gasteiger partial charge on any atom is 0.241 e. The molecule has 0 unspecified atom stereocenters. The number of halogens is 1. The van der Waals surface area contributed by atoms with Crippen LogP contribution in [-0.2, 0) is 4.79 Å². The number of benzene rings is 2. The van der Waals surface area contributed by atoms with Crippen LogP contribution in [0.15, 0.2) is 42.5 Å². The second-order valence-electron chi connectivity index (χ2n) is 7.01. The molecule has 27 heavy (non-hydrogen) atoms. The Labute approximate surface area is 165 Å². The molecular formula is C21H25ClN2O3. The van der Waals surface area contributed by atoms with Gasteiger partial charge in [-0.25, -0.2) is 0 Å². The third-order valence-corrected chi connectivity index (χ3v) is 4.78. The van der Waals surface area contributed by atoms with Crippen LogP contribution in [0, 0.1) is 5.92 Å². The van der Waals surface area contributed by atoms with Crippen molar-refractivity contribution in [2.75, 3.05) is 18.5 Å². The van der Waals surface area contributed by atoms with Crippen LogP contribution in [0.3, 0.4) is 0 Å². The van der Waals surface area contributed by atoms with Crippen LogP contribution in [0.2, 0.25) is 5.02 Å². The molecule has 5 nitrogen and oxygen atoms in total. The molecule has 144 valence electrons. The Morgan fingerprint density at radius 3 is 2.33 bits per heavy atom. The van der Waals surface area contributed by atoms with Crippen LogP contribution in [0.25, 0.3) is 0 Å². The summed E-state index contributed by atoms with van der Waals surface area (Å²) in [6.07, 6.45) is 0. The topological polar surface area (TPSA) is 59.6 Å². The van der Waals surface area contributed by atoms with Crippen LogP contribution < -0.4 is 20.1 Å². The molecular weight excluding hydrogens is 364 g/mol. The quantitative estimate of drug-likeness (QED) is 0.768. The van der Waals surface area contributed by atoms with E-state index in [-0.39, 0.29) is 18.0 Å². The van der Waals surface area contributed by atoms with E-state index in [9.17, 15) is 4.79 Å². The molecule has 1 aliphatic heterocycles. The van der Waals surface area contributed by atoms with Crippen LogP contribution in [0.5, 0.6) is 11.5 Å². The Morgan fingerprint density at radius 2 is 1.67 bits per heavy atom. The van der Waals surface area contributed by atoms with Gasteiger partial charge in [-0.2, -0.15) is 0 Å². The minimum absolute atomic E-state index is 0.00629. The van der Waals surface area contributed by atoms with Crippen LogP contribution >= 0.6 is 11.6 Å². The van der Waals surface area contributed by atoms with E-state index >= 15 is 0 Å². The van der Waals surface area contributed by atoms with Gasteiger partial charge in [0.1, 0.15) is 13.2 Å². The zero-order valence-corrected chi connectivity index (χ0v) is 16.5. The highest BCUT2D eigenvalue weighted by molar-refractivity contribution is 6.30. The Bertz CT molecular complexity index is 793. The summed E-state index contributed by atoms with van der Waals surface area (Å²) in [6.45, 7) is 7.23. The van der Waals surface area contributed by atoms with Gasteiger partial charge in [-0.05, 0) is 54.8 Å². The molecule has 1 aliphatic rings. The number of carbonyl (C=O) groups is 1. The van der Waals surface area contributed by atoms with Gasteiger partial charge in [0, 0.05) is 16.8 Å². The molecule has 0 spiro atoms. The van der Waals surface area contributed by atoms with E-state index in [2.05, 4.69) is 24.5 Å². The number of carbonyl (C=O) groups excluding carboxylic acids is 1. The lowest BCUT2D eigenvalue weighted by atomic mass is 9.94. The average Bonchev–Trinajstić information content (AvgIpc) is 2.67. The summed E-state index contributed by atoms with van der Waals surface area (Å²) in [4.78, 5) is 12.6. The third-order valence-electron chi connectivity index (χ3n) is 4.53. The summed E-state index contributed by atoms with van der Waals surface area (Å²) in [5, 5.41) is 6.98. The zero-order chi connectivity index (χ0) is 19.4. The van der Waals surface area contributed by atoms with Crippen molar-refractivity contribution in [3.8, 4) is 11.5 Å². The molecule has 2 aromatic rings. The van der Waals surface area contributed by atoms with Gasteiger partial charge in [0.15, 0.2) is 11.5 Å². The minimum Gasteiger partial charge on any atom is -0.486 e. The maximum atomic E-state index is 12.6. The van der Waals surface area contributed by atoms with E-state index in [1.54, 1.807) is 24.3 Å². The summed E-state index contributed by atoms with van der Waals surface area (Å²) in [5.74, 6) is 1.71. The van der Waals surface area contributed by atoms with E-state index in [0.29, 0.717) is 24.2 Å². The van der Waals surface area contributed by atoms with Crippen molar-refractivity contribution in [3.05, 3.63) is 53.1 Å². The molecule has 0 bridgehead atoms. The van der Waals surface area contributed by atoms with Crippen molar-refractivity contribution in [3.63, 3.8) is 0 Å². The highest BCUT2D eigenvalue weighted by Gasteiger charge is 2.23. The lowest BCUT2D eigenvalue weighted by molar-refractivity contribution is -0.118. The smallest absolute Gasteiger partial charge is 0.241 e. The summed E-state index contributed by atoms with van der Waals surface area (Å²) in [6, 6.07) is 12.7. The molecule has 0 saturated heterocycles. The van der Waals surface area contributed by atoms with Gasteiger partial charge in [0.05, 0.1) is 6.04 Å². The van der Waals surface area contributed by atoms with Crippen LogP contribution in [-0.4, -0.2) is 25.2 Å². The van der Waals surface area contributed by atoms with E-state index in [1.165, 1.54) is 0 Å². The van der Waals surface area contributed by atoms with E-state index < -0.39 is 0 Å². The summed E-state index contributed by atoms with van der Waals surface area (Å²) in [7, 11) is 0. The third kappa shape index (κ3) is 4.93. The number of nitrogens with one attached hydrogen (secondary N) is 2. The molecule has 0 radical (unpaired) electrons. The fourth-order valence-electron chi connectivity index (χ4n) is 3.06. The van der Waals surface area contributed by atoms with E-state index in [4.69, 9.17) is 21.1 Å². The first-order valence-corrected chi connectivity index (χ1v) is 9.54. The van der Waals surface area contributed by atoms with Crippen molar-refractivity contribution in [1.82, 2.24) is 5.32 Å². The van der Waals surface area contributed by atoms with Gasteiger partial charge in [-0.3, -0.25) is 10.1 Å². The summed E-state index contributed by atoms with van der Waals surface area (Å²) < 4.78 is 11.3. The molecule has 0 fully saturated rings. The standard InChI is InChI=1S/C21H25ClN2O3/c1-13(2)20(15-4-9-18-19(12-15)27-11-10-26-18)23-14(3)21(25)24-17-7-5-16(22)6-8-17/h4-9,12-14,20,23H,10-11H2,1-3H3,(H,24,25)/t14-,20+/m0/s1. The molecule has 2 N–H and O–H groups in total. The largest absolute Gasteiger partial charge is 0.486 e. The molecule has 0 aliphatic carbocycles. The molecule has 2 aromatic carbocycles. The number of fused-ring (bicyclic) bond motifs is 1. The number of anilines is 1. The fourth-order valence-corrected chi connectivity index (χ4v) is 3.18. The molecule has 2 atom stereocenters. The molecule has 6 heteroatoms. The number of hydrogen-bond acceptors (Lipinski definition) is 4. The number of amides is 1. The maximum absolute atomic E-state index is 12.6. The van der Waals surface area contributed by atoms with Gasteiger partial charge in [-0.15, -0.1) is 0 Å². The Balaban J connectivity index is 1.70. The van der Waals surface area contributed by atoms with Crippen molar-refractivity contribution < 1.29 is 14.3 Å². The van der Waals surface area contributed by atoms with Gasteiger partial charge >= 0.3 is 0 Å². The van der Waals surface area contributed by atoms with Crippen molar-refractivity contribution in [2.45, 2.75) is 32.9 Å². The lowest BCUT2D eigenvalue weighted by Gasteiger charge is -2.28. The fraction of sp³-hybridized carbons (Fsp3) is 0.381. The molecule has 1 amide bonds. The molecule has 0 aromatic heterocycles. The number of hydrogen-bond donors (Lipinski definition) is 2. The zero-order valence-electron chi connectivity index (χ0n) is 15.8. The number of ether oxygens (including phenoxy) is 2. The molecule has 0 saturated carbocycles. The summed E-state index contributed by atoms with van der Waals surface area (Å²) >= 11 is 5.89. The van der Waals surface area contributed by atoms with Crippen molar-refractivity contribution >= 4 is 23.2 Å². The normalized spacial score (nSPS) is 15.3. The molecule has 1 heterocycles. The Hall–Kier alpha value is -2.24. The van der Waals surface area contributed by atoms with E-state index in [0.717, 1.165) is 22.7 Å². The van der Waals surface area contributed by atoms with Gasteiger partial charge in [-0.1, -0.05) is 31.5 Å². The number of rotatable bonds is 6. The molecule has 3 rings (SSSR count). The van der Waals surface area contributed by atoms with Gasteiger partial charge in [0.2, 0.25) is 5.91 Å². The average molecular weight is 389 g/mol. The van der Waals surface area contributed by atoms with Gasteiger partial charge < -0.3 is 14.8 Å². The minimum atomic E-state index is -0.374. The summed E-state index contributed by atoms with van der Waals surface area (Å²) in [5.41, 5.74) is 1.79. The highest BCUT2D eigenvalue weighted by Crippen LogP contribution is 2.34. The van der Waals surface area contributed by atoms with Crippen LogP contribution in [0.4, 0.5) is 5.69 Å². The first-order valence-electron chi connectivity index (χ1n) is 9.16. The Kier molecular flexibility index (Phi) is 6.24. The van der Waals surface area contributed by atoms with Crippen molar-refractivity contribution in [2.24, 2.45) is 5.92 Å². The first-order chi connectivity index (χ1) is 12.9. The second kappa shape index (κ2) is 8.63. The highest BCUT2D eigenvalue weighted by atomic mass is 35.5. The Morgan fingerprint density at radius 1 is 1.00 bits per heavy atom. The van der Waals surface area contributed by atoms with Crippen molar-refractivity contribution in [1.29, 1.82) is 0 Å². The van der Waals surface area contributed by atoms with Crippen LogP contribution in [0.1, 0.15) is 32.4 Å².